The summed E-state index contributed by atoms with van der Waals surface area (Å²) in [6, 6.07) is 0.707. The first-order chi connectivity index (χ1) is 8.35. The molecule has 0 saturated carbocycles. The van der Waals surface area contributed by atoms with Crippen LogP contribution in [0.25, 0.3) is 0 Å². The maximum atomic E-state index is 9.00. The molecule has 5 heteroatoms. The van der Waals surface area contributed by atoms with Crippen molar-refractivity contribution < 1.29 is 5.11 Å². The van der Waals surface area contributed by atoms with Crippen LogP contribution in [0.5, 0.6) is 0 Å². The van der Waals surface area contributed by atoms with Crippen LogP contribution in [0, 0.1) is 0 Å². The lowest BCUT2D eigenvalue weighted by molar-refractivity contribution is 0.186. The predicted molar refractivity (Wildman–Crippen MR) is 73.7 cm³/mol. The number of hydrogen-bond donors (Lipinski definition) is 2. The molecule has 17 heavy (non-hydrogen) atoms. The van der Waals surface area contributed by atoms with Crippen molar-refractivity contribution in [1.29, 1.82) is 0 Å². The zero-order valence-electron chi connectivity index (χ0n) is 10.8. The van der Waals surface area contributed by atoms with E-state index in [1.165, 1.54) is 13.0 Å². The smallest absolute Gasteiger partial charge is 0.0558 e. The molecule has 0 bridgehead atoms. The third-order valence-electron chi connectivity index (χ3n) is 3.94. The molecule has 0 amide bonds. The van der Waals surface area contributed by atoms with Crippen molar-refractivity contribution in [2.45, 2.75) is 17.7 Å². The molecule has 0 radical (unpaired) electrons. The lowest BCUT2D eigenvalue weighted by Crippen LogP contribution is -2.44. The van der Waals surface area contributed by atoms with Crippen LogP contribution < -0.4 is 5.32 Å². The first-order valence-corrected chi connectivity index (χ1v) is 7.94. The van der Waals surface area contributed by atoms with Gasteiger partial charge in [-0.1, -0.05) is 0 Å². The van der Waals surface area contributed by atoms with Gasteiger partial charge >= 0.3 is 0 Å². The van der Waals surface area contributed by atoms with Gasteiger partial charge in [0.2, 0.25) is 0 Å². The minimum atomic E-state index is 0.290. The zero-order valence-corrected chi connectivity index (χ0v) is 11.6. The van der Waals surface area contributed by atoms with Crippen LogP contribution in [-0.4, -0.2) is 84.9 Å². The highest BCUT2D eigenvalue weighted by atomic mass is 32.2. The molecule has 0 spiro atoms. The van der Waals surface area contributed by atoms with Crippen LogP contribution in [0.15, 0.2) is 0 Å². The van der Waals surface area contributed by atoms with E-state index in [-0.39, 0.29) is 0 Å². The quantitative estimate of drug-likeness (QED) is 0.725. The van der Waals surface area contributed by atoms with Gasteiger partial charge in [0.1, 0.15) is 0 Å². The van der Waals surface area contributed by atoms with Gasteiger partial charge in [-0.25, -0.2) is 0 Å². The minimum Gasteiger partial charge on any atom is -0.395 e. The van der Waals surface area contributed by atoms with Crippen molar-refractivity contribution >= 4 is 11.8 Å². The summed E-state index contributed by atoms with van der Waals surface area (Å²) in [6.07, 6.45) is 3.46. The number of aliphatic hydroxyl groups excluding tert-OH is 1. The Kier molecular flexibility index (Phi) is 5.56. The molecule has 2 aliphatic rings. The average Bonchev–Trinajstić information content (AvgIpc) is 2.70. The van der Waals surface area contributed by atoms with E-state index < -0.39 is 0 Å². The summed E-state index contributed by atoms with van der Waals surface area (Å²) < 4.78 is 0. The summed E-state index contributed by atoms with van der Waals surface area (Å²) in [6.45, 7) is 8.05. The molecule has 2 heterocycles. The largest absolute Gasteiger partial charge is 0.395 e. The Morgan fingerprint density at radius 3 is 2.88 bits per heavy atom. The summed E-state index contributed by atoms with van der Waals surface area (Å²) in [5.41, 5.74) is 0. The fraction of sp³-hybridized carbons (Fsp3) is 1.00. The van der Waals surface area contributed by atoms with Gasteiger partial charge in [-0.05, 0) is 25.8 Å². The maximum Gasteiger partial charge on any atom is 0.0558 e. The lowest BCUT2D eigenvalue weighted by atomic mass is 10.2. The predicted octanol–water partition coefficient (Wildman–Crippen LogP) is -0.310. The third-order valence-corrected chi connectivity index (χ3v) is 5.03. The molecule has 2 aliphatic heterocycles. The Morgan fingerprint density at radius 1 is 1.24 bits per heavy atom. The van der Waals surface area contributed by atoms with E-state index in [0.717, 1.165) is 44.5 Å². The number of β-amino-alcohol motifs (C(OH)–C–C–N with tert-alkyl or cyclic N) is 1. The molecule has 0 aromatic carbocycles. The first kappa shape index (κ1) is 13.6. The molecule has 2 saturated heterocycles. The van der Waals surface area contributed by atoms with Gasteiger partial charge in [-0.3, -0.25) is 9.80 Å². The fourth-order valence-electron chi connectivity index (χ4n) is 2.93. The highest BCUT2D eigenvalue weighted by molar-refractivity contribution is 7.99. The van der Waals surface area contributed by atoms with E-state index >= 15 is 0 Å². The van der Waals surface area contributed by atoms with Gasteiger partial charge in [0.05, 0.1) is 6.61 Å². The number of nitrogens with zero attached hydrogens (tertiary/aromatic N) is 2. The van der Waals surface area contributed by atoms with Gasteiger partial charge in [-0.2, -0.15) is 11.8 Å². The Labute approximate surface area is 109 Å². The highest BCUT2D eigenvalue weighted by Crippen LogP contribution is 2.21. The number of thioether (sulfide) groups is 1. The van der Waals surface area contributed by atoms with Gasteiger partial charge in [-0.15, -0.1) is 0 Å². The normalized spacial score (nSPS) is 32.8. The molecular weight excluding hydrogens is 234 g/mol. The minimum absolute atomic E-state index is 0.290. The Hall–Kier alpha value is 0.190. The number of hydrogen-bond acceptors (Lipinski definition) is 5. The molecule has 2 atom stereocenters. The Bertz CT molecular complexity index is 230. The maximum absolute atomic E-state index is 9.00. The van der Waals surface area contributed by atoms with E-state index in [0.29, 0.717) is 12.6 Å². The van der Waals surface area contributed by atoms with Crippen LogP contribution >= 0.6 is 11.8 Å². The second-order valence-corrected chi connectivity index (χ2v) is 6.03. The molecule has 100 valence electrons. The standard InChI is InChI=1S/C12H25N3OS/c1-17-12-10-13-9-11(12)15-4-2-3-14(5-6-15)7-8-16/h11-13,16H,2-10H2,1H3. The average molecular weight is 259 g/mol. The summed E-state index contributed by atoms with van der Waals surface area (Å²) in [7, 11) is 0. The monoisotopic (exact) mass is 259 g/mol. The van der Waals surface area contributed by atoms with Gasteiger partial charge < -0.3 is 10.4 Å². The van der Waals surface area contributed by atoms with E-state index in [4.69, 9.17) is 5.11 Å². The molecule has 0 aliphatic carbocycles. The second kappa shape index (κ2) is 6.95. The first-order valence-electron chi connectivity index (χ1n) is 6.66. The van der Waals surface area contributed by atoms with Gasteiger partial charge in [0, 0.05) is 44.0 Å². The van der Waals surface area contributed by atoms with Crippen molar-refractivity contribution in [3.63, 3.8) is 0 Å². The van der Waals surface area contributed by atoms with Crippen LogP contribution in [0.3, 0.4) is 0 Å². The molecule has 0 aromatic rings. The van der Waals surface area contributed by atoms with Gasteiger partial charge in [0.25, 0.3) is 0 Å². The van der Waals surface area contributed by atoms with E-state index in [2.05, 4.69) is 21.4 Å². The van der Waals surface area contributed by atoms with Gasteiger partial charge in [0.15, 0.2) is 0 Å². The summed E-state index contributed by atoms with van der Waals surface area (Å²) in [4.78, 5) is 5.04. The Morgan fingerprint density at radius 2 is 2.12 bits per heavy atom. The lowest BCUT2D eigenvalue weighted by Gasteiger charge is -2.30. The second-order valence-electron chi connectivity index (χ2n) is 4.95. The topological polar surface area (TPSA) is 38.7 Å². The molecule has 4 nitrogen and oxygen atoms in total. The Balaban J connectivity index is 1.85. The summed E-state index contributed by atoms with van der Waals surface area (Å²) >= 11 is 1.99. The molecule has 0 aromatic heterocycles. The number of aliphatic hydroxyl groups is 1. The highest BCUT2D eigenvalue weighted by Gasteiger charge is 2.32. The van der Waals surface area contributed by atoms with Crippen molar-refractivity contribution in [3.05, 3.63) is 0 Å². The van der Waals surface area contributed by atoms with Crippen LogP contribution in [0.2, 0.25) is 0 Å². The molecule has 2 N–H and O–H groups in total. The number of rotatable bonds is 4. The van der Waals surface area contributed by atoms with Crippen molar-refractivity contribution in [3.8, 4) is 0 Å². The van der Waals surface area contributed by atoms with Crippen LogP contribution in [0.4, 0.5) is 0 Å². The van der Waals surface area contributed by atoms with Crippen LogP contribution in [0.1, 0.15) is 6.42 Å². The van der Waals surface area contributed by atoms with Crippen molar-refractivity contribution in [1.82, 2.24) is 15.1 Å². The summed E-state index contributed by atoms with van der Waals surface area (Å²) in [5, 5.41) is 13.3. The molecule has 2 unspecified atom stereocenters. The third kappa shape index (κ3) is 3.58. The van der Waals surface area contributed by atoms with E-state index in [9.17, 15) is 0 Å². The van der Waals surface area contributed by atoms with Crippen LogP contribution in [-0.2, 0) is 0 Å². The zero-order chi connectivity index (χ0) is 12.1. The fourth-order valence-corrected chi connectivity index (χ4v) is 3.80. The molecule has 2 rings (SSSR count). The van der Waals surface area contributed by atoms with Crippen molar-refractivity contribution in [2.75, 3.05) is 58.7 Å². The molecular formula is C12H25N3OS. The summed E-state index contributed by atoms with van der Waals surface area (Å²) in [5.74, 6) is 0. The van der Waals surface area contributed by atoms with Crippen molar-refractivity contribution in [2.24, 2.45) is 0 Å². The van der Waals surface area contributed by atoms with E-state index in [1.54, 1.807) is 0 Å². The SMILES string of the molecule is CSC1CNCC1N1CCCN(CCO)CC1. The number of nitrogens with one attached hydrogen (secondary N) is 1. The molecule has 2 fully saturated rings. The van der Waals surface area contributed by atoms with E-state index in [1.807, 2.05) is 11.8 Å².